The fourth-order valence-electron chi connectivity index (χ4n) is 1.72. The van der Waals surface area contributed by atoms with Crippen LogP contribution in [-0.2, 0) is 17.9 Å². The smallest absolute Gasteiger partial charge is 0.407 e. The van der Waals surface area contributed by atoms with Crippen LogP contribution < -0.4 is 5.32 Å². The van der Waals surface area contributed by atoms with Gasteiger partial charge in [-0.15, -0.1) is 0 Å². The van der Waals surface area contributed by atoms with Crippen LogP contribution in [0.5, 0.6) is 0 Å². The molecule has 1 heterocycles. The highest BCUT2D eigenvalue weighted by molar-refractivity contribution is 5.71. The second-order valence-electron chi connectivity index (χ2n) is 4.38. The van der Waals surface area contributed by atoms with Gasteiger partial charge in [0.15, 0.2) is 6.29 Å². The number of hydrogen-bond acceptors (Lipinski definition) is 5. The SMILES string of the molecule is Cc1cc(C=O)nc(CNC(=O)OCc2ccccc2)n1. The van der Waals surface area contributed by atoms with Crippen LogP contribution in [0.1, 0.15) is 27.6 Å². The number of nitrogens with zero attached hydrogens (tertiary/aromatic N) is 2. The summed E-state index contributed by atoms with van der Waals surface area (Å²) in [4.78, 5) is 30.4. The summed E-state index contributed by atoms with van der Waals surface area (Å²) in [6.45, 7) is 2.06. The van der Waals surface area contributed by atoms with Gasteiger partial charge in [0, 0.05) is 5.69 Å². The minimum absolute atomic E-state index is 0.107. The van der Waals surface area contributed by atoms with E-state index >= 15 is 0 Å². The summed E-state index contributed by atoms with van der Waals surface area (Å²) in [5, 5.41) is 2.55. The van der Waals surface area contributed by atoms with Crippen molar-refractivity contribution in [3.8, 4) is 0 Å². The van der Waals surface area contributed by atoms with Gasteiger partial charge in [0.2, 0.25) is 0 Å². The fraction of sp³-hybridized carbons (Fsp3) is 0.200. The van der Waals surface area contributed by atoms with Gasteiger partial charge in [-0.1, -0.05) is 30.3 Å². The van der Waals surface area contributed by atoms with E-state index in [9.17, 15) is 9.59 Å². The summed E-state index contributed by atoms with van der Waals surface area (Å²) in [5.41, 5.74) is 1.86. The van der Waals surface area contributed by atoms with Crippen LogP contribution in [0.2, 0.25) is 0 Å². The van der Waals surface area contributed by atoms with Crippen molar-refractivity contribution in [1.29, 1.82) is 0 Å². The van der Waals surface area contributed by atoms with Gasteiger partial charge in [-0.3, -0.25) is 4.79 Å². The highest BCUT2D eigenvalue weighted by atomic mass is 16.5. The Bertz CT molecular complexity index is 629. The molecule has 6 heteroatoms. The van der Waals surface area contributed by atoms with Crippen LogP contribution in [0.25, 0.3) is 0 Å². The normalized spacial score (nSPS) is 9.95. The summed E-state index contributed by atoms with van der Waals surface area (Å²) in [6.07, 6.45) is 0.0861. The van der Waals surface area contributed by atoms with Crippen LogP contribution in [0, 0.1) is 6.92 Å². The van der Waals surface area contributed by atoms with E-state index in [1.807, 2.05) is 30.3 Å². The molecule has 0 spiro atoms. The van der Waals surface area contributed by atoms with Crippen LogP contribution in [0.4, 0.5) is 4.79 Å². The van der Waals surface area contributed by atoms with Gasteiger partial charge < -0.3 is 10.1 Å². The van der Waals surface area contributed by atoms with Crippen LogP contribution in [0.15, 0.2) is 36.4 Å². The number of carbonyl (C=O) groups is 2. The molecule has 2 rings (SSSR count). The van der Waals surface area contributed by atoms with Crippen molar-refractivity contribution >= 4 is 12.4 Å². The maximum absolute atomic E-state index is 11.6. The van der Waals surface area contributed by atoms with Crippen LogP contribution in [0.3, 0.4) is 0 Å². The van der Waals surface area contributed by atoms with Crippen molar-refractivity contribution in [2.45, 2.75) is 20.1 Å². The van der Waals surface area contributed by atoms with Crippen LogP contribution in [-0.4, -0.2) is 22.3 Å². The monoisotopic (exact) mass is 285 g/mol. The largest absolute Gasteiger partial charge is 0.445 e. The van der Waals surface area contributed by atoms with Gasteiger partial charge in [0.05, 0.1) is 6.54 Å². The molecule has 1 N–H and O–H groups in total. The number of benzene rings is 1. The summed E-state index contributed by atoms with van der Waals surface area (Å²) < 4.78 is 5.06. The number of alkyl carbamates (subject to hydrolysis) is 1. The number of rotatable bonds is 5. The van der Waals surface area contributed by atoms with Gasteiger partial charge >= 0.3 is 6.09 Å². The van der Waals surface area contributed by atoms with Crippen LogP contribution >= 0.6 is 0 Å². The molecular formula is C15H15N3O3. The molecule has 0 radical (unpaired) electrons. The third-order valence-electron chi connectivity index (χ3n) is 2.64. The molecule has 6 nitrogen and oxygen atoms in total. The number of aromatic nitrogens is 2. The lowest BCUT2D eigenvalue weighted by atomic mass is 10.2. The maximum atomic E-state index is 11.6. The molecule has 0 saturated carbocycles. The summed E-state index contributed by atoms with van der Waals surface area (Å²) in [7, 11) is 0. The van der Waals surface area contributed by atoms with Gasteiger partial charge in [-0.05, 0) is 18.6 Å². The number of carbonyl (C=O) groups excluding carboxylic acids is 2. The minimum atomic E-state index is -0.559. The second kappa shape index (κ2) is 7.14. The molecule has 1 aromatic heterocycles. The highest BCUT2D eigenvalue weighted by Crippen LogP contribution is 2.01. The van der Waals surface area contributed by atoms with E-state index in [1.54, 1.807) is 13.0 Å². The third kappa shape index (κ3) is 4.68. The molecule has 0 unspecified atom stereocenters. The first-order valence-electron chi connectivity index (χ1n) is 6.41. The number of nitrogens with one attached hydrogen (secondary N) is 1. The molecule has 21 heavy (non-hydrogen) atoms. The Morgan fingerprint density at radius 3 is 2.76 bits per heavy atom. The van der Waals surface area contributed by atoms with Gasteiger partial charge in [0.25, 0.3) is 0 Å². The maximum Gasteiger partial charge on any atom is 0.407 e. The lowest BCUT2D eigenvalue weighted by Crippen LogP contribution is -2.25. The molecule has 2 aromatic rings. The quantitative estimate of drug-likeness (QED) is 0.850. The topological polar surface area (TPSA) is 81.2 Å². The Labute approximate surface area is 122 Å². The van der Waals surface area contributed by atoms with E-state index in [2.05, 4.69) is 15.3 Å². The summed E-state index contributed by atoms with van der Waals surface area (Å²) in [5.74, 6) is 0.369. The van der Waals surface area contributed by atoms with E-state index in [1.165, 1.54) is 0 Å². The zero-order valence-corrected chi connectivity index (χ0v) is 11.6. The number of aryl methyl sites for hydroxylation is 1. The molecule has 1 aromatic carbocycles. The van der Waals surface area contributed by atoms with Crippen molar-refractivity contribution < 1.29 is 14.3 Å². The Balaban J connectivity index is 1.84. The molecule has 0 aliphatic heterocycles. The zero-order valence-electron chi connectivity index (χ0n) is 11.6. The van der Waals surface area contributed by atoms with Gasteiger partial charge in [-0.2, -0.15) is 0 Å². The lowest BCUT2D eigenvalue weighted by Gasteiger charge is -2.07. The summed E-state index contributed by atoms with van der Waals surface area (Å²) in [6, 6.07) is 10.9. The number of hydrogen-bond donors (Lipinski definition) is 1. The fourth-order valence-corrected chi connectivity index (χ4v) is 1.72. The Morgan fingerprint density at radius 1 is 1.29 bits per heavy atom. The predicted molar refractivity (Wildman–Crippen MR) is 75.6 cm³/mol. The predicted octanol–water partition coefficient (Wildman–Crippen LogP) is 2.02. The second-order valence-corrected chi connectivity index (χ2v) is 4.38. The average molecular weight is 285 g/mol. The Kier molecular flexibility index (Phi) is 4.98. The average Bonchev–Trinajstić information content (AvgIpc) is 2.51. The number of aldehydes is 1. The molecule has 0 fully saturated rings. The lowest BCUT2D eigenvalue weighted by molar-refractivity contribution is 0.111. The number of ether oxygens (including phenoxy) is 1. The molecule has 0 saturated heterocycles. The third-order valence-corrected chi connectivity index (χ3v) is 2.64. The van der Waals surface area contributed by atoms with Gasteiger partial charge in [-0.25, -0.2) is 14.8 Å². The van der Waals surface area contributed by atoms with E-state index in [-0.39, 0.29) is 18.8 Å². The van der Waals surface area contributed by atoms with Crippen molar-refractivity contribution in [3.05, 3.63) is 59.2 Å². The minimum Gasteiger partial charge on any atom is -0.445 e. The molecule has 0 aliphatic rings. The van der Waals surface area contributed by atoms with Gasteiger partial charge in [0.1, 0.15) is 18.1 Å². The molecular weight excluding hydrogens is 270 g/mol. The first-order valence-corrected chi connectivity index (χ1v) is 6.41. The van der Waals surface area contributed by atoms with Crippen molar-refractivity contribution in [1.82, 2.24) is 15.3 Å². The van der Waals surface area contributed by atoms with E-state index in [0.717, 1.165) is 5.56 Å². The zero-order chi connectivity index (χ0) is 15.1. The molecule has 1 amide bonds. The molecule has 0 bridgehead atoms. The van der Waals surface area contributed by atoms with E-state index < -0.39 is 6.09 Å². The standard InChI is InChI=1S/C15H15N3O3/c1-11-7-13(9-19)18-14(17-11)8-16-15(20)21-10-12-5-3-2-4-6-12/h2-7,9H,8,10H2,1H3,(H,16,20). The van der Waals surface area contributed by atoms with E-state index in [0.29, 0.717) is 17.8 Å². The van der Waals surface area contributed by atoms with Crippen molar-refractivity contribution in [2.75, 3.05) is 0 Å². The first-order chi connectivity index (χ1) is 10.2. The molecule has 0 atom stereocenters. The van der Waals surface area contributed by atoms with Crippen molar-refractivity contribution in [2.24, 2.45) is 0 Å². The highest BCUT2D eigenvalue weighted by Gasteiger charge is 2.06. The Hall–Kier alpha value is -2.76. The molecule has 0 aliphatic carbocycles. The number of amides is 1. The first kappa shape index (κ1) is 14.6. The van der Waals surface area contributed by atoms with E-state index in [4.69, 9.17) is 4.74 Å². The van der Waals surface area contributed by atoms with Crippen molar-refractivity contribution in [3.63, 3.8) is 0 Å². The summed E-state index contributed by atoms with van der Waals surface area (Å²) >= 11 is 0. The Morgan fingerprint density at radius 2 is 2.05 bits per heavy atom. The molecule has 108 valence electrons.